The summed E-state index contributed by atoms with van der Waals surface area (Å²) in [6.07, 6.45) is -0.763. The highest BCUT2D eigenvalue weighted by Gasteiger charge is 2.15. The lowest BCUT2D eigenvalue weighted by atomic mass is 10.2. The number of nitrogens with zero attached hydrogens (tertiary/aromatic N) is 1. The van der Waals surface area contributed by atoms with Crippen LogP contribution >= 0.6 is 0 Å². The summed E-state index contributed by atoms with van der Waals surface area (Å²) in [5.41, 5.74) is 1.14. The molecule has 27 heavy (non-hydrogen) atoms. The van der Waals surface area contributed by atoms with Gasteiger partial charge in [-0.3, -0.25) is 4.79 Å². The van der Waals surface area contributed by atoms with Gasteiger partial charge in [0, 0.05) is 6.54 Å². The molecule has 1 atom stereocenters. The van der Waals surface area contributed by atoms with Gasteiger partial charge in [-0.05, 0) is 48.9 Å². The third kappa shape index (κ3) is 5.85. The minimum absolute atomic E-state index is 0.0832. The van der Waals surface area contributed by atoms with E-state index in [9.17, 15) is 13.6 Å². The predicted molar refractivity (Wildman–Crippen MR) is 92.7 cm³/mol. The number of benzene rings is 2. The summed E-state index contributed by atoms with van der Waals surface area (Å²) in [6, 6.07) is 12.8. The van der Waals surface area contributed by atoms with Gasteiger partial charge in [0.2, 0.25) is 0 Å². The molecular formula is C19H18F2N2O4. The molecular weight excluding hydrogens is 358 g/mol. The summed E-state index contributed by atoms with van der Waals surface area (Å²) in [5.74, 6) is 0.169. The van der Waals surface area contributed by atoms with Crippen LogP contribution in [0.15, 0.2) is 42.5 Å². The number of hydrogen-bond acceptors (Lipinski definition) is 5. The van der Waals surface area contributed by atoms with Crippen LogP contribution in [-0.4, -0.2) is 25.7 Å². The van der Waals surface area contributed by atoms with E-state index >= 15 is 0 Å². The fourth-order valence-corrected chi connectivity index (χ4v) is 2.21. The molecule has 0 bridgehead atoms. The summed E-state index contributed by atoms with van der Waals surface area (Å²) in [6.45, 7) is -1.21. The third-order valence-corrected chi connectivity index (χ3v) is 3.58. The number of carbonyl (C=O) groups is 1. The maximum atomic E-state index is 12.3. The number of amides is 1. The zero-order valence-corrected chi connectivity index (χ0v) is 14.7. The van der Waals surface area contributed by atoms with Gasteiger partial charge in [-0.2, -0.15) is 14.0 Å². The Morgan fingerprint density at radius 3 is 2.44 bits per heavy atom. The number of nitriles is 1. The molecule has 2 aromatic carbocycles. The van der Waals surface area contributed by atoms with Gasteiger partial charge in [-0.15, -0.1) is 0 Å². The van der Waals surface area contributed by atoms with Gasteiger partial charge in [0.15, 0.2) is 17.6 Å². The first-order chi connectivity index (χ1) is 12.9. The Balaban J connectivity index is 1.92. The maximum absolute atomic E-state index is 12.3. The Morgan fingerprint density at radius 1 is 1.15 bits per heavy atom. The quantitative estimate of drug-likeness (QED) is 0.765. The first-order valence-corrected chi connectivity index (χ1v) is 7.99. The molecule has 0 aliphatic heterocycles. The number of carbonyl (C=O) groups excluding carboxylic acids is 1. The summed E-state index contributed by atoms with van der Waals surface area (Å²) in [7, 11) is 1.34. The van der Waals surface area contributed by atoms with E-state index in [-0.39, 0.29) is 24.0 Å². The molecule has 0 fully saturated rings. The van der Waals surface area contributed by atoms with Gasteiger partial charge in [0.1, 0.15) is 5.75 Å². The number of rotatable bonds is 8. The molecule has 0 radical (unpaired) electrons. The number of ether oxygens (including phenoxy) is 3. The van der Waals surface area contributed by atoms with E-state index in [1.54, 1.807) is 37.3 Å². The van der Waals surface area contributed by atoms with Crippen LogP contribution in [-0.2, 0) is 11.3 Å². The highest BCUT2D eigenvalue weighted by Crippen LogP contribution is 2.29. The largest absolute Gasteiger partial charge is 0.493 e. The second-order valence-corrected chi connectivity index (χ2v) is 5.48. The maximum Gasteiger partial charge on any atom is 0.387 e. The molecule has 0 aliphatic rings. The van der Waals surface area contributed by atoms with E-state index in [0.29, 0.717) is 16.9 Å². The Morgan fingerprint density at radius 2 is 1.85 bits per heavy atom. The molecule has 1 amide bonds. The molecule has 0 spiro atoms. The topological polar surface area (TPSA) is 80.6 Å². The molecule has 0 saturated carbocycles. The van der Waals surface area contributed by atoms with E-state index in [2.05, 4.69) is 10.1 Å². The fourth-order valence-electron chi connectivity index (χ4n) is 2.21. The SMILES string of the molecule is COc1cc(CNC(=O)C(C)Oc2ccc(C#N)cc2)ccc1OC(F)F. The highest BCUT2D eigenvalue weighted by atomic mass is 19.3. The van der Waals surface area contributed by atoms with Crippen molar-refractivity contribution in [3.8, 4) is 23.3 Å². The van der Waals surface area contributed by atoms with Crippen molar-refractivity contribution < 1.29 is 27.8 Å². The lowest BCUT2D eigenvalue weighted by Crippen LogP contribution is -2.35. The van der Waals surface area contributed by atoms with Gasteiger partial charge in [-0.1, -0.05) is 6.07 Å². The Hall–Kier alpha value is -3.34. The van der Waals surface area contributed by atoms with Crippen LogP contribution in [0.4, 0.5) is 8.78 Å². The Bertz CT molecular complexity index is 819. The molecule has 0 saturated heterocycles. The van der Waals surface area contributed by atoms with E-state index < -0.39 is 12.7 Å². The van der Waals surface area contributed by atoms with Crippen LogP contribution in [0, 0.1) is 11.3 Å². The monoisotopic (exact) mass is 376 g/mol. The number of alkyl halides is 2. The zero-order chi connectivity index (χ0) is 19.8. The molecule has 142 valence electrons. The number of halogens is 2. The molecule has 0 aliphatic carbocycles. The van der Waals surface area contributed by atoms with Crippen molar-refractivity contribution in [2.24, 2.45) is 0 Å². The van der Waals surface area contributed by atoms with Crippen LogP contribution < -0.4 is 19.5 Å². The van der Waals surface area contributed by atoms with Crippen molar-refractivity contribution in [2.75, 3.05) is 7.11 Å². The number of hydrogen-bond donors (Lipinski definition) is 1. The van der Waals surface area contributed by atoms with Gasteiger partial charge < -0.3 is 19.5 Å². The summed E-state index contributed by atoms with van der Waals surface area (Å²) in [5, 5.41) is 11.5. The van der Waals surface area contributed by atoms with Gasteiger partial charge in [0.25, 0.3) is 5.91 Å². The van der Waals surface area contributed by atoms with E-state index in [4.69, 9.17) is 14.7 Å². The lowest BCUT2D eigenvalue weighted by Gasteiger charge is -2.15. The molecule has 8 heteroatoms. The first kappa shape index (κ1) is 20.0. The van der Waals surface area contributed by atoms with Crippen LogP contribution in [0.2, 0.25) is 0 Å². The van der Waals surface area contributed by atoms with Crippen molar-refractivity contribution in [3.63, 3.8) is 0 Å². The molecule has 1 unspecified atom stereocenters. The van der Waals surface area contributed by atoms with Crippen molar-refractivity contribution >= 4 is 5.91 Å². The minimum atomic E-state index is -2.95. The third-order valence-electron chi connectivity index (χ3n) is 3.58. The first-order valence-electron chi connectivity index (χ1n) is 7.99. The standard InChI is InChI=1S/C19H18F2N2O4/c1-12(26-15-6-3-13(10-22)4-7-15)18(24)23-11-14-5-8-16(27-19(20)21)17(9-14)25-2/h3-9,12,19H,11H2,1-2H3,(H,23,24). The molecule has 0 heterocycles. The van der Waals surface area contributed by atoms with Crippen molar-refractivity contribution in [2.45, 2.75) is 26.2 Å². The second-order valence-electron chi connectivity index (χ2n) is 5.48. The fraction of sp³-hybridized carbons (Fsp3) is 0.263. The van der Waals surface area contributed by atoms with Crippen LogP contribution in [0.1, 0.15) is 18.1 Å². The van der Waals surface area contributed by atoms with Crippen LogP contribution in [0.5, 0.6) is 17.2 Å². The zero-order valence-electron chi connectivity index (χ0n) is 14.7. The normalized spacial score (nSPS) is 11.4. The van der Waals surface area contributed by atoms with Crippen molar-refractivity contribution in [1.82, 2.24) is 5.32 Å². The second kappa shape index (κ2) is 9.38. The summed E-state index contributed by atoms with van der Waals surface area (Å²) >= 11 is 0. The highest BCUT2D eigenvalue weighted by molar-refractivity contribution is 5.80. The van der Waals surface area contributed by atoms with E-state index in [1.807, 2.05) is 6.07 Å². The summed E-state index contributed by atoms with van der Waals surface area (Å²) in [4.78, 5) is 12.2. The van der Waals surface area contributed by atoms with E-state index in [1.165, 1.54) is 19.2 Å². The molecule has 2 rings (SSSR count). The lowest BCUT2D eigenvalue weighted by molar-refractivity contribution is -0.127. The van der Waals surface area contributed by atoms with Crippen LogP contribution in [0.3, 0.4) is 0 Å². The van der Waals surface area contributed by atoms with Gasteiger partial charge in [-0.25, -0.2) is 0 Å². The Labute approximate surface area is 155 Å². The molecule has 6 nitrogen and oxygen atoms in total. The molecule has 2 aromatic rings. The van der Waals surface area contributed by atoms with Crippen molar-refractivity contribution in [1.29, 1.82) is 5.26 Å². The van der Waals surface area contributed by atoms with Gasteiger partial charge >= 0.3 is 6.61 Å². The van der Waals surface area contributed by atoms with Crippen LogP contribution in [0.25, 0.3) is 0 Å². The summed E-state index contributed by atoms with van der Waals surface area (Å²) < 4.78 is 39.6. The van der Waals surface area contributed by atoms with Gasteiger partial charge in [0.05, 0.1) is 18.7 Å². The molecule has 0 aromatic heterocycles. The minimum Gasteiger partial charge on any atom is -0.493 e. The average molecular weight is 376 g/mol. The Kier molecular flexibility index (Phi) is 6.94. The van der Waals surface area contributed by atoms with E-state index in [0.717, 1.165) is 0 Å². The number of methoxy groups -OCH3 is 1. The predicted octanol–water partition coefficient (Wildman–Crippen LogP) is 3.25. The molecule has 1 N–H and O–H groups in total. The smallest absolute Gasteiger partial charge is 0.387 e. The van der Waals surface area contributed by atoms with Crippen molar-refractivity contribution in [3.05, 3.63) is 53.6 Å². The number of nitrogens with one attached hydrogen (secondary N) is 1. The average Bonchev–Trinajstić information content (AvgIpc) is 2.67.